The number of rotatable bonds is 1. The molecule has 0 spiro atoms. The summed E-state index contributed by atoms with van der Waals surface area (Å²) >= 11 is 0. The predicted octanol–water partition coefficient (Wildman–Crippen LogP) is 0.414. The number of hydrogen-bond donors (Lipinski definition) is 2. The van der Waals surface area contributed by atoms with Gasteiger partial charge in [-0.25, -0.2) is 0 Å². The van der Waals surface area contributed by atoms with E-state index in [0.29, 0.717) is 5.69 Å². The normalized spacial score (nSPS) is 10.0. The highest BCUT2D eigenvalue weighted by atomic mass is 16.1. The number of H-pyrrole nitrogens is 1. The molecule has 0 amide bonds. The van der Waals surface area contributed by atoms with Crippen LogP contribution in [-0.2, 0) is 0 Å². The summed E-state index contributed by atoms with van der Waals surface area (Å²) < 4.78 is 0. The third-order valence-corrected chi connectivity index (χ3v) is 1.80. The second kappa shape index (κ2) is 3.29. The summed E-state index contributed by atoms with van der Waals surface area (Å²) in [4.78, 5) is 13.5. The first-order valence-corrected chi connectivity index (χ1v) is 4.03. The second-order valence-electron chi connectivity index (χ2n) is 2.78. The monoisotopic (exact) mass is 188 g/mol. The third kappa shape index (κ3) is 1.47. The van der Waals surface area contributed by atoms with Crippen LogP contribution in [0.4, 0.5) is 5.69 Å². The van der Waals surface area contributed by atoms with Crippen LogP contribution < -0.4 is 11.3 Å². The van der Waals surface area contributed by atoms with Gasteiger partial charge in [0, 0.05) is 18.0 Å². The quantitative estimate of drug-likeness (QED) is 0.679. The van der Waals surface area contributed by atoms with Crippen molar-refractivity contribution in [2.24, 2.45) is 0 Å². The largest absolute Gasteiger partial charge is 0.394 e. The first-order chi connectivity index (χ1) is 6.77. The molecular formula is C9H8N4O. The van der Waals surface area contributed by atoms with Gasteiger partial charge in [-0.3, -0.25) is 4.79 Å². The van der Waals surface area contributed by atoms with Crippen molar-refractivity contribution in [2.45, 2.75) is 0 Å². The lowest BCUT2D eigenvalue weighted by atomic mass is 10.2. The fraction of sp³-hybridized carbons (Fsp3) is 0. The van der Waals surface area contributed by atoms with Gasteiger partial charge in [0.25, 0.3) is 5.56 Å². The highest BCUT2D eigenvalue weighted by molar-refractivity contribution is 5.61. The maximum atomic E-state index is 11.0. The molecule has 2 aromatic rings. The second-order valence-corrected chi connectivity index (χ2v) is 2.78. The first-order valence-electron chi connectivity index (χ1n) is 4.03. The lowest BCUT2D eigenvalue weighted by molar-refractivity contribution is 1.03. The minimum absolute atomic E-state index is 0.174. The molecule has 0 atom stereocenters. The molecule has 5 nitrogen and oxygen atoms in total. The smallest absolute Gasteiger partial charge is 0.271 e. The molecule has 70 valence electrons. The Kier molecular flexibility index (Phi) is 1.98. The molecule has 0 aliphatic carbocycles. The summed E-state index contributed by atoms with van der Waals surface area (Å²) in [6.45, 7) is 0. The van der Waals surface area contributed by atoms with Gasteiger partial charge < -0.3 is 10.7 Å². The Hall–Kier alpha value is -2.17. The number of aromatic nitrogens is 3. The number of nitrogens with zero attached hydrogens (tertiary/aromatic N) is 2. The molecule has 5 heteroatoms. The maximum Gasteiger partial charge on any atom is 0.271 e. The van der Waals surface area contributed by atoms with Crippen LogP contribution in [0.3, 0.4) is 0 Å². The van der Waals surface area contributed by atoms with E-state index in [-0.39, 0.29) is 11.2 Å². The van der Waals surface area contributed by atoms with Crippen LogP contribution in [0.2, 0.25) is 0 Å². The fourth-order valence-electron chi connectivity index (χ4n) is 1.10. The molecule has 0 bridgehead atoms. The van der Waals surface area contributed by atoms with Crippen molar-refractivity contribution < 1.29 is 0 Å². The van der Waals surface area contributed by atoms with Gasteiger partial charge in [-0.1, -0.05) is 0 Å². The van der Waals surface area contributed by atoms with E-state index in [1.54, 1.807) is 30.6 Å². The standard InChI is InChI=1S/C9H8N4O/c10-7-4-6(5-11-9(7)14)8-2-1-3-12-13-8/h1-5H,10H2,(H,11,14). The van der Waals surface area contributed by atoms with Crippen LogP contribution in [0, 0.1) is 0 Å². The van der Waals surface area contributed by atoms with E-state index in [9.17, 15) is 4.79 Å². The maximum absolute atomic E-state index is 11.0. The van der Waals surface area contributed by atoms with Crippen LogP contribution >= 0.6 is 0 Å². The Balaban J connectivity index is 2.54. The van der Waals surface area contributed by atoms with Gasteiger partial charge in [0.2, 0.25) is 0 Å². The molecule has 2 aromatic heterocycles. The third-order valence-electron chi connectivity index (χ3n) is 1.80. The molecule has 0 aliphatic rings. The number of anilines is 1. The van der Waals surface area contributed by atoms with Gasteiger partial charge in [-0.2, -0.15) is 10.2 Å². The summed E-state index contributed by atoms with van der Waals surface area (Å²) in [5.74, 6) is 0. The molecule has 0 radical (unpaired) electrons. The molecule has 0 saturated heterocycles. The van der Waals surface area contributed by atoms with E-state index in [0.717, 1.165) is 5.56 Å². The van der Waals surface area contributed by atoms with Gasteiger partial charge >= 0.3 is 0 Å². The molecule has 0 aliphatic heterocycles. The summed E-state index contributed by atoms with van der Waals surface area (Å²) in [6.07, 6.45) is 3.14. The lowest BCUT2D eigenvalue weighted by Gasteiger charge is -1.99. The highest BCUT2D eigenvalue weighted by Crippen LogP contribution is 2.14. The Labute approximate surface area is 79.6 Å². The van der Waals surface area contributed by atoms with Crippen molar-refractivity contribution >= 4 is 5.69 Å². The van der Waals surface area contributed by atoms with E-state index in [4.69, 9.17) is 5.73 Å². The van der Waals surface area contributed by atoms with Crippen molar-refractivity contribution in [3.8, 4) is 11.3 Å². The Morgan fingerprint density at radius 3 is 2.93 bits per heavy atom. The zero-order chi connectivity index (χ0) is 9.97. The SMILES string of the molecule is Nc1cc(-c2cccnn2)c[nH]c1=O. The summed E-state index contributed by atoms with van der Waals surface area (Å²) in [5, 5.41) is 7.62. The van der Waals surface area contributed by atoms with Crippen LogP contribution in [0.15, 0.2) is 35.4 Å². The molecule has 14 heavy (non-hydrogen) atoms. The summed E-state index contributed by atoms with van der Waals surface area (Å²) in [5.41, 5.74) is 6.77. The number of nitrogen functional groups attached to an aromatic ring is 1. The Morgan fingerprint density at radius 1 is 1.43 bits per heavy atom. The minimum Gasteiger partial charge on any atom is -0.394 e. The van der Waals surface area contributed by atoms with Crippen molar-refractivity contribution in [1.82, 2.24) is 15.2 Å². The zero-order valence-electron chi connectivity index (χ0n) is 7.27. The van der Waals surface area contributed by atoms with Gasteiger partial charge in [0.05, 0.1) is 11.4 Å². The van der Waals surface area contributed by atoms with Crippen LogP contribution in [-0.4, -0.2) is 15.2 Å². The Bertz CT molecular complexity index is 492. The number of nitrogens with two attached hydrogens (primary N) is 1. The van der Waals surface area contributed by atoms with Crippen LogP contribution in [0.1, 0.15) is 0 Å². The molecule has 0 aromatic carbocycles. The number of nitrogens with one attached hydrogen (secondary N) is 1. The summed E-state index contributed by atoms with van der Waals surface area (Å²) in [7, 11) is 0. The van der Waals surface area contributed by atoms with Gasteiger partial charge in [0.1, 0.15) is 0 Å². The number of pyridine rings is 1. The average Bonchev–Trinajstić information content (AvgIpc) is 2.23. The highest BCUT2D eigenvalue weighted by Gasteiger charge is 2.01. The molecule has 3 N–H and O–H groups in total. The molecule has 2 heterocycles. The van der Waals surface area contributed by atoms with Gasteiger partial charge in [-0.05, 0) is 18.2 Å². The summed E-state index contributed by atoms with van der Waals surface area (Å²) in [6, 6.07) is 5.13. The first kappa shape index (κ1) is 8.43. The molecule has 0 unspecified atom stereocenters. The lowest BCUT2D eigenvalue weighted by Crippen LogP contribution is -2.10. The van der Waals surface area contributed by atoms with E-state index in [2.05, 4.69) is 15.2 Å². The van der Waals surface area contributed by atoms with E-state index in [1.807, 2.05) is 0 Å². The predicted molar refractivity (Wildman–Crippen MR) is 52.5 cm³/mol. The number of hydrogen-bond acceptors (Lipinski definition) is 4. The topological polar surface area (TPSA) is 84.7 Å². The molecule has 2 rings (SSSR count). The van der Waals surface area contributed by atoms with Crippen molar-refractivity contribution in [2.75, 3.05) is 5.73 Å². The van der Waals surface area contributed by atoms with E-state index in [1.165, 1.54) is 0 Å². The van der Waals surface area contributed by atoms with E-state index < -0.39 is 0 Å². The van der Waals surface area contributed by atoms with Crippen LogP contribution in [0.25, 0.3) is 11.3 Å². The van der Waals surface area contributed by atoms with Crippen LogP contribution in [0.5, 0.6) is 0 Å². The van der Waals surface area contributed by atoms with Crippen molar-refractivity contribution in [3.63, 3.8) is 0 Å². The zero-order valence-corrected chi connectivity index (χ0v) is 7.27. The fourth-order valence-corrected chi connectivity index (χ4v) is 1.10. The minimum atomic E-state index is -0.294. The van der Waals surface area contributed by atoms with Gasteiger partial charge in [-0.15, -0.1) is 0 Å². The van der Waals surface area contributed by atoms with Crippen molar-refractivity contribution in [1.29, 1.82) is 0 Å². The Morgan fingerprint density at radius 2 is 2.29 bits per heavy atom. The number of aromatic amines is 1. The molecule has 0 fully saturated rings. The average molecular weight is 188 g/mol. The molecular weight excluding hydrogens is 180 g/mol. The van der Waals surface area contributed by atoms with E-state index >= 15 is 0 Å². The van der Waals surface area contributed by atoms with Gasteiger partial charge in [0.15, 0.2) is 0 Å². The molecule has 0 saturated carbocycles. The van der Waals surface area contributed by atoms with Crippen molar-refractivity contribution in [3.05, 3.63) is 40.9 Å².